The van der Waals surface area contributed by atoms with E-state index < -0.39 is 15.6 Å². The van der Waals surface area contributed by atoms with Crippen LogP contribution in [0, 0.1) is 0 Å². The number of sulfonamides is 1. The fourth-order valence-electron chi connectivity index (χ4n) is 1.47. The van der Waals surface area contributed by atoms with Gasteiger partial charge in [0.25, 0.3) is 0 Å². The highest BCUT2D eigenvalue weighted by Crippen LogP contribution is 2.33. The Morgan fingerprint density at radius 1 is 1.20 bits per heavy atom. The van der Waals surface area contributed by atoms with Crippen LogP contribution in [-0.4, -0.2) is 25.7 Å². The Morgan fingerprint density at radius 2 is 1.65 bits per heavy atom. The number of rotatable bonds is 6. The second-order valence-electron chi connectivity index (χ2n) is 4.21. The molecule has 0 saturated heterocycles. The highest BCUT2D eigenvalue weighted by molar-refractivity contribution is 9.10. The van der Waals surface area contributed by atoms with Gasteiger partial charge in [-0.15, -0.1) is 23.2 Å². The van der Waals surface area contributed by atoms with Crippen LogP contribution in [0.2, 0.25) is 10.0 Å². The fraction of sp³-hybridized carbons (Fsp3) is 0.455. The topological polar surface area (TPSA) is 46.2 Å². The lowest BCUT2D eigenvalue weighted by molar-refractivity contribution is 0.449. The third-order valence-electron chi connectivity index (χ3n) is 2.77. The molecular weight excluding hydrogens is 432 g/mol. The van der Waals surface area contributed by atoms with Crippen LogP contribution < -0.4 is 4.72 Å². The van der Waals surface area contributed by atoms with Crippen molar-refractivity contribution in [3.63, 3.8) is 0 Å². The molecule has 0 radical (unpaired) electrons. The summed E-state index contributed by atoms with van der Waals surface area (Å²) >= 11 is 26.8. The standard InChI is InChI=1S/C11H12BrCl4NO2S/c1-2-11(5-13,6-14)17-20(18,19)10-8(15)3-7(12)4-9(10)16/h3-4,17H,2,5-6H2,1H3. The third-order valence-corrected chi connectivity index (χ3v) is 6.75. The van der Waals surface area contributed by atoms with Gasteiger partial charge in [0.1, 0.15) is 4.90 Å². The summed E-state index contributed by atoms with van der Waals surface area (Å²) in [5, 5.41) is 0.0389. The average molecular weight is 444 g/mol. The summed E-state index contributed by atoms with van der Waals surface area (Å²) in [6.07, 6.45) is 0.436. The Hall–Kier alpha value is 0.770. The summed E-state index contributed by atoms with van der Waals surface area (Å²) in [6, 6.07) is 2.91. The highest BCUT2D eigenvalue weighted by atomic mass is 79.9. The van der Waals surface area contributed by atoms with Crippen molar-refractivity contribution in [3.8, 4) is 0 Å². The van der Waals surface area contributed by atoms with Gasteiger partial charge in [-0.3, -0.25) is 0 Å². The van der Waals surface area contributed by atoms with Crippen molar-refractivity contribution < 1.29 is 8.42 Å². The first-order valence-electron chi connectivity index (χ1n) is 5.52. The maximum Gasteiger partial charge on any atom is 0.244 e. The van der Waals surface area contributed by atoms with Crippen molar-refractivity contribution >= 4 is 72.4 Å². The van der Waals surface area contributed by atoms with Crippen LogP contribution in [0.5, 0.6) is 0 Å². The van der Waals surface area contributed by atoms with Gasteiger partial charge in [-0.05, 0) is 18.6 Å². The average Bonchev–Trinajstić information content (AvgIpc) is 2.34. The molecule has 114 valence electrons. The van der Waals surface area contributed by atoms with E-state index in [4.69, 9.17) is 46.4 Å². The van der Waals surface area contributed by atoms with Gasteiger partial charge in [-0.1, -0.05) is 46.1 Å². The van der Waals surface area contributed by atoms with Crippen LogP contribution >= 0.6 is 62.3 Å². The van der Waals surface area contributed by atoms with Crippen LogP contribution in [0.3, 0.4) is 0 Å². The molecule has 0 saturated carbocycles. The van der Waals surface area contributed by atoms with Crippen molar-refractivity contribution in [2.75, 3.05) is 11.8 Å². The van der Waals surface area contributed by atoms with Gasteiger partial charge < -0.3 is 0 Å². The molecule has 0 aliphatic rings. The van der Waals surface area contributed by atoms with E-state index >= 15 is 0 Å². The van der Waals surface area contributed by atoms with Crippen molar-refractivity contribution in [1.82, 2.24) is 4.72 Å². The Morgan fingerprint density at radius 3 is 2.00 bits per heavy atom. The number of nitrogens with one attached hydrogen (secondary N) is 1. The lowest BCUT2D eigenvalue weighted by Gasteiger charge is -2.29. The Kier molecular flexibility index (Phi) is 6.92. The van der Waals surface area contributed by atoms with E-state index in [-0.39, 0.29) is 26.7 Å². The smallest absolute Gasteiger partial charge is 0.207 e. The molecule has 1 rings (SSSR count). The summed E-state index contributed by atoms with van der Waals surface area (Å²) in [5.41, 5.74) is -0.943. The van der Waals surface area contributed by atoms with Gasteiger partial charge in [0.2, 0.25) is 10.0 Å². The Balaban J connectivity index is 3.32. The zero-order valence-corrected chi connectivity index (χ0v) is 15.8. The lowest BCUT2D eigenvalue weighted by Crippen LogP contribution is -2.51. The van der Waals surface area contributed by atoms with E-state index in [0.29, 0.717) is 10.9 Å². The molecule has 9 heteroatoms. The maximum atomic E-state index is 12.5. The monoisotopic (exact) mass is 441 g/mol. The molecule has 0 amide bonds. The van der Waals surface area contributed by atoms with Gasteiger partial charge in [-0.2, -0.15) is 0 Å². The van der Waals surface area contributed by atoms with E-state index in [1.165, 1.54) is 12.1 Å². The fourth-order valence-corrected chi connectivity index (χ4v) is 5.84. The molecular formula is C11H12BrCl4NO2S. The number of hydrogen-bond acceptors (Lipinski definition) is 2. The van der Waals surface area contributed by atoms with Crippen molar-refractivity contribution in [2.45, 2.75) is 23.8 Å². The second kappa shape index (κ2) is 7.36. The summed E-state index contributed by atoms with van der Waals surface area (Å²) in [4.78, 5) is -0.183. The SMILES string of the molecule is CCC(CCl)(CCl)NS(=O)(=O)c1c(Cl)cc(Br)cc1Cl. The molecule has 0 spiro atoms. The van der Waals surface area contributed by atoms with Crippen molar-refractivity contribution in [2.24, 2.45) is 0 Å². The molecule has 1 aromatic rings. The normalized spacial score (nSPS) is 12.7. The molecule has 1 aromatic carbocycles. The summed E-state index contributed by atoms with van der Waals surface area (Å²) in [5.74, 6) is 0.0794. The Bertz CT molecular complexity index is 559. The largest absolute Gasteiger partial charge is 0.244 e. The van der Waals surface area contributed by atoms with Crippen molar-refractivity contribution in [1.29, 1.82) is 0 Å². The number of hydrogen-bond donors (Lipinski definition) is 1. The minimum Gasteiger partial charge on any atom is -0.207 e. The molecule has 0 aliphatic heterocycles. The first-order valence-corrected chi connectivity index (χ1v) is 9.62. The zero-order chi connectivity index (χ0) is 15.6. The lowest BCUT2D eigenvalue weighted by atomic mass is 10.0. The quantitative estimate of drug-likeness (QED) is 0.650. The summed E-state index contributed by atoms with van der Waals surface area (Å²) in [6.45, 7) is 1.79. The van der Waals surface area contributed by atoms with Gasteiger partial charge >= 0.3 is 0 Å². The maximum absolute atomic E-state index is 12.5. The van der Waals surface area contributed by atoms with E-state index in [0.717, 1.165) is 0 Å². The van der Waals surface area contributed by atoms with Crippen LogP contribution in [0.1, 0.15) is 13.3 Å². The van der Waals surface area contributed by atoms with Crippen LogP contribution in [-0.2, 0) is 10.0 Å². The molecule has 1 N–H and O–H groups in total. The van der Waals surface area contributed by atoms with E-state index in [9.17, 15) is 8.42 Å². The second-order valence-corrected chi connectivity index (χ2v) is 8.09. The minimum absolute atomic E-state index is 0.0195. The highest BCUT2D eigenvalue weighted by Gasteiger charge is 2.34. The summed E-state index contributed by atoms with van der Waals surface area (Å²) < 4.78 is 28.0. The van der Waals surface area contributed by atoms with E-state index in [2.05, 4.69) is 20.7 Å². The van der Waals surface area contributed by atoms with E-state index in [1.54, 1.807) is 6.92 Å². The first-order chi connectivity index (χ1) is 9.21. The molecule has 0 atom stereocenters. The molecule has 0 fully saturated rings. The predicted octanol–water partition coefficient (Wildman–Crippen LogP) is 4.66. The molecule has 0 aliphatic carbocycles. The van der Waals surface area contributed by atoms with Crippen molar-refractivity contribution in [3.05, 3.63) is 26.7 Å². The first kappa shape index (κ1) is 18.8. The van der Waals surface area contributed by atoms with Crippen LogP contribution in [0.4, 0.5) is 0 Å². The van der Waals surface area contributed by atoms with Gasteiger partial charge in [-0.25, -0.2) is 13.1 Å². The number of alkyl halides is 2. The van der Waals surface area contributed by atoms with Crippen LogP contribution in [0.25, 0.3) is 0 Å². The third kappa shape index (κ3) is 4.15. The predicted molar refractivity (Wildman–Crippen MR) is 88.9 cm³/mol. The van der Waals surface area contributed by atoms with Gasteiger partial charge in [0.15, 0.2) is 0 Å². The summed E-state index contributed by atoms with van der Waals surface area (Å²) in [7, 11) is -3.94. The number of benzene rings is 1. The molecule has 0 unspecified atom stereocenters. The van der Waals surface area contributed by atoms with E-state index in [1.807, 2.05) is 0 Å². The molecule has 0 aromatic heterocycles. The number of halogens is 5. The van der Waals surface area contributed by atoms with Gasteiger partial charge in [0.05, 0.1) is 15.6 Å². The molecule has 3 nitrogen and oxygen atoms in total. The van der Waals surface area contributed by atoms with Crippen LogP contribution in [0.15, 0.2) is 21.5 Å². The molecule has 0 bridgehead atoms. The minimum atomic E-state index is -3.94. The Labute approximate surface area is 147 Å². The molecule has 0 heterocycles. The van der Waals surface area contributed by atoms with Gasteiger partial charge in [0, 0.05) is 16.2 Å². The molecule has 20 heavy (non-hydrogen) atoms. The zero-order valence-electron chi connectivity index (χ0n) is 10.4.